The van der Waals surface area contributed by atoms with Crippen LogP contribution in [0.1, 0.15) is 39.5 Å². The lowest BCUT2D eigenvalue weighted by atomic mass is 9.78. The van der Waals surface area contributed by atoms with Gasteiger partial charge in [-0.15, -0.1) is 6.42 Å². The molecule has 2 N–H and O–H groups in total. The third-order valence-corrected chi connectivity index (χ3v) is 3.22. The molecule has 0 saturated heterocycles. The Hall–Kier alpha value is -1.50. The second kappa shape index (κ2) is 5.22. The molecule has 0 aromatic carbocycles. The standard InChI is InChI=1S/C13H19NO3/c1-4-13(2,3)14-11(15)9-7-5-6-8-10(9)12(16)17/h1,9-10H,5-8H2,2-3H3,(H,14,15)(H,16,17). The van der Waals surface area contributed by atoms with Crippen LogP contribution in [-0.4, -0.2) is 22.5 Å². The van der Waals surface area contributed by atoms with Crippen LogP contribution in [0.2, 0.25) is 0 Å². The lowest BCUT2D eigenvalue weighted by molar-refractivity contribution is -0.149. The maximum absolute atomic E-state index is 12.0. The Morgan fingerprint density at radius 2 is 1.82 bits per heavy atom. The Bertz CT molecular complexity index is 354. The first-order valence-electron chi connectivity index (χ1n) is 5.90. The summed E-state index contributed by atoms with van der Waals surface area (Å²) in [5.74, 6) is 0.332. The van der Waals surface area contributed by atoms with Crippen LogP contribution in [-0.2, 0) is 9.59 Å². The normalized spacial score (nSPS) is 24.8. The van der Waals surface area contributed by atoms with Crippen LogP contribution in [0.4, 0.5) is 0 Å². The molecule has 1 aliphatic carbocycles. The molecule has 94 valence electrons. The highest BCUT2D eigenvalue weighted by atomic mass is 16.4. The molecule has 1 rings (SSSR count). The first-order chi connectivity index (χ1) is 7.87. The molecule has 2 unspecified atom stereocenters. The lowest BCUT2D eigenvalue weighted by Gasteiger charge is -2.30. The Kier molecular flexibility index (Phi) is 4.17. The van der Waals surface area contributed by atoms with E-state index in [9.17, 15) is 9.59 Å². The minimum Gasteiger partial charge on any atom is -0.481 e. The van der Waals surface area contributed by atoms with E-state index in [1.807, 2.05) is 0 Å². The van der Waals surface area contributed by atoms with Crippen molar-refractivity contribution in [3.05, 3.63) is 0 Å². The second-order valence-corrected chi connectivity index (χ2v) is 5.09. The number of terminal acetylenes is 1. The van der Waals surface area contributed by atoms with Crippen LogP contribution in [0.25, 0.3) is 0 Å². The number of rotatable bonds is 3. The zero-order valence-electron chi connectivity index (χ0n) is 10.3. The van der Waals surface area contributed by atoms with E-state index < -0.39 is 23.3 Å². The van der Waals surface area contributed by atoms with Crippen molar-refractivity contribution in [1.82, 2.24) is 5.32 Å². The summed E-state index contributed by atoms with van der Waals surface area (Å²) in [5.41, 5.74) is -0.725. The number of carbonyl (C=O) groups excluding carboxylic acids is 1. The fraction of sp³-hybridized carbons (Fsp3) is 0.692. The molecule has 0 bridgehead atoms. The molecular weight excluding hydrogens is 218 g/mol. The molecule has 4 nitrogen and oxygen atoms in total. The molecule has 2 atom stereocenters. The summed E-state index contributed by atoms with van der Waals surface area (Å²) in [4.78, 5) is 23.1. The minimum atomic E-state index is -0.886. The highest BCUT2D eigenvalue weighted by Gasteiger charge is 2.37. The molecule has 0 aromatic heterocycles. The van der Waals surface area contributed by atoms with E-state index in [0.29, 0.717) is 12.8 Å². The Morgan fingerprint density at radius 3 is 2.29 bits per heavy atom. The van der Waals surface area contributed by atoms with Gasteiger partial charge in [0, 0.05) is 0 Å². The van der Waals surface area contributed by atoms with Crippen molar-refractivity contribution < 1.29 is 14.7 Å². The Morgan fingerprint density at radius 1 is 1.29 bits per heavy atom. The van der Waals surface area contributed by atoms with Gasteiger partial charge in [0.1, 0.15) is 0 Å². The number of aliphatic carboxylic acids is 1. The summed E-state index contributed by atoms with van der Waals surface area (Å²) in [7, 11) is 0. The molecule has 1 aliphatic rings. The summed E-state index contributed by atoms with van der Waals surface area (Å²) in [6, 6.07) is 0. The van der Waals surface area contributed by atoms with Crippen molar-refractivity contribution in [2.24, 2.45) is 11.8 Å². The second-order valence-electron chi connectivity index (χ2n) is 5.09. The third-order valence-electron chi connectivity index (χ3n) is 3.22. The SMILES string of the molecule is C#CC(C)(C)NC(=O)C1CCCCC1C(=O)O. The van der Waals surface area contributed by atoms with Crippen molar-refractivity contribution in [3.63, 3.8) is 0 Å². The topological polar surface area (TPSA) is 66.4 Å². The first kappa shape index (κ1) is 13.6. The molecule has 1 saturated carbocycles. The van der Waals surface area contributed by atoms with Crippen molar-refractivity contribution in [2.75, 3.05) is 0 Å². The van der Waals surface area contributed by atoms with E-state index >= 15 is 0 Å². The van der Waals surface area contributed by atoms with Crippen molar-refractivity contribution in [1.29, 1.82) is 0 Å². The number of amides is 1. The molecule has 1 fully saturated rings. The van der Waals surface area contributed by atoms with E-state index in [0.717, 1.165) is 12.8 Å². The van der Waals surface area contributed by atoms with Crippen molar-refractivity contribution in [2.45, 2.75) is 45.1 Å². The number of nitrogens with one attached hydrogen (secondary N) is 1. The van der Waals surface area contributed by atoms with Crippen LogP contribution >= 0.6 is 0 Å². The molecular formula is C13H19NO3. The first-order valence-corrected chi connectivity index (χ1v) is 5.90. The maximum Gasteiger partial charge on any atom is 0.307 e. The number of carbonyl (C=O) groups is 2. The number of hydrogen-bond donors (Lipinski definition) is 2. The van der Waals surface area contributed by atoms with Crippen molar-refractivity contribution >= 4 is 11.9 Å². The largest absolute Gasteiger partial charge is 0.481 e. The fourth-order valence-corrected chi connectivity index (χ4v) is 2.18. The van der Waals surface area contributed by atoms with Gasteiger partial charge >= 0.3 is 5.97 Å². The zero-order valence-corrected chi connectivity index (χ0v) is 10.3. The van der Waals surface area contributed by atoms with E-state index in [2.05, 4.69) is 11.2 Å². The summed E-state index contributed by atoms with van der Waals surface area (Å²) in [5, 5.41) is 11.8. The predicted molar refractivity (Wildman–Crippen MR) is 64.1 cm³/mol. The van der Waals surface area contributed by atoms with Crippen LogP contribution in [0.5, 0.6) is 0 Å². The van der Waals surface area contributed by atoms with Gasteiger partial charge in [0.25, 0.3) is 0 Å². The van der Waals surface area contributed by atoms with Gasteiger partial charge in [-0.05, 0) is 26.7 Å². The van der Waals surface area contributed by atoms with Gasteiger partial charge in [-0.25, -0.2) is 0 Å². The monoisotopic (exact) mass is 237 g/mol. The molecule has 0 radical (unpaired) electrons. The molecule has 17 heavy (non-hydrogen) atoms. The van der Waals surface area contributed by atoms with Gasteiger partial charge < -0.3 is 10.4 Å². The van der Waals surface area contributed by atoms with Crippen LogP contribution in [0, 0.1) is 24.2 Å². The van der Waals surface area contributed by atoms with E-state index in [1.165, 1.54) is 0 Å². The zero-order chi connectivity index (χ0) is 13.1. The summed E-state index contributed by atoms with van der Waals surface area (Å²) in [6.07, 6.45) is 8.27. The van der Waals surface area contributed by atoms with Crippen LogP contribution in [0.15, 0.2) is 0 Å². The summed E-state index contributed by atoms with van der Waals surface area (Å²) < 4.78 is 0. The average Bonchev–Trinajstić information content (AvgIpc) is 2.28. The number of carboxylic acid groups (broad SMARTS) is 1. The van der Waals surface area contributed by atoms with Gasteiger partial charge in [0.15, 0.2) is 0 Å². The van der Waals surface area contributed by atoms with Gasteiger partial charge in [0.2, 0.25) is 5.91 Å². The quantitative estimate of drug-likeness (QED) is 0.729. The summed E-state index contributed by atoms with van der Waals surface area (Å²) >= 11 is 0. The fourth-order valence-electron chi connectivity index (χ4n) is 2.18. The van der Waals surface area contributed by atoms with Gasteiger partial charge in [-0.3, -0.25) is 9.59 Å². The molecule has 0 aromatic rings. The van der Waals surface area contributed by atoms with Gasteiger partial charge in [-0.1, -0.05) is 18.8 Å². The molecule has 1 amide bonds. The van der Waals surface area contributed by atoms with Crippen LogP contribution in [0.3, 0.4) is 0 Å². The van der Waals surface area contributed by atoms with Crippen molar-refractivity contribution in [3.8, 4) is 12.3 Å². The lowest BCUT2D eigenvalue weighted by Crippen LogP contribution is -2.48. The maximum atomic E-state index is 12.0. The molecule has 4 heteroatoms. The Labute approximate surface area is 102 Å². The highest BCUT2D eigenvalue weighted by Crippen LogP contribution is 2.30. The number of hydrogen-bond acceptors (Lipinski definition) is 2. The third kappa shape index (κ3) is 3.48. The van der Waals surface area contributed by atoms with E-state index in [4.69, 9.17) is 11.5 Å². The molecule has 0 heterocycles. The summed E-state index contributed by atoms with van der Waals surface area (Å²) in [6.45, 7) is 3.45. The number of carboxylic acids is 1. The van der Waals surface area contributed by atoms with E-state index in [-0.39, 0.29) is 5.91 Å². The van der Waals surface area contributed by atoms with E-state index in [1.54, 1.807) is 13.8 Å². The Balaban J connectivity index is 2.73. The molecule has 0 aliphatic heterocycles. The predicted octanol–water partition coefficient (Wildman–Crippen LogP) is 1.41. The molecule has 0 spiro atoms. The van der Waals surface area contributed by atoms with Crippen LogP contribution < -0.4 is 5.32 Å². The highest BCUT2D eigenvalue weighted by molar-refractivity contribution is 5.85. The van der Waals surface area contributed by atoms with Gasteiger partial charge in [-0.2, -0.15) is 0 Å². The smallest absolute Gasteiger partial charge is 0.307 e. The minimum absolute atomic E-state index is 0.236. The van der Waals surface area contributed by atoms with Gasteiger partial charge in [0.05, 0.1) is 17.4 Å². The average molecular weight is 237 g/mol.